The van der Waals surface area contributed by atoms with E-state index in [1.54, 1.807) is 23.5 Å². The van der Waals surface area contributed by atoms with E-state index in [-0.39, 0.29) is 0 Å². The lowest BCUT2D eigenvalue weighted by Crippen LogP contribution is -2.29. The van der Waals surface area contributed by atoms with Gasteiger partial charge in [-0.15, -0.1) is 22.7 Å². The van der Waals surface area contributed by atoms with Crippen LogP contribution in [0, 0.1) is 6.92 Å². The van der Waals surface area contributed by atoms with Crippen LogP contribution < -0.4 is 4.90 Å². The molecule has 130 valence electrons. The van der Waals surface area contributed by atoms with Crippen LogP contribution in [0.15, 0.2) is 40.6 Å². The molecule has 0 unspecified atom stereocenters. The van der Waals surface area contributed by atoms with Crippen LogP contribution in [-0.4, -0.2) is 26.2 Å². The summed E-state index contributed by atoms with van der Waals surface area (Å²) in [7, 11) is -3.15. The first-order valence-electron chi connectivity index (χ1n) is 7.99. The second-order valence-corrected chi connectivity index (χ2v) is 10.5. The van der Waals surface area contributed by atoms with Crippen molar-refractivity contribution in [1.82, 2.24) is 4.98 Å². The lowest BCUT2D eigenvalue weighted by Gasteiger charge is -2.29. The van der Waals surface area contributed by atoms with Gasteiger partial charge in [-0.2, -0.15) is 0 Å². The first-order chi connectivity index (χ1) is 11.9. The molecule has 0 aliphatic carbocycles. The highest BCUT2D eigenvalue weighted by Gasteiger charge is 2.21. The second kappa shape index (κ2) is 6.23. The van der Waals surface area contributed by atoms with Crippen molar-refractivity contribution in [1.29, 1.82) is 0 Å². The highest BCUT2D eigenvalue weighted by molar-refractivity contribution is 7.90. The van der Waals surface area contributed by atoms with Gasteiger partial charge in [-0.25, -0.2) is 13.4 Å². The summed E-state index contributed by atoms with van der Waals surface area (Å²) in [5.74, 6) is 0. The van der Waals surface area contributed by atoms with Crippen LogP contribution in [0.25, 0.3) is 10.6 Å². The topological polar surface area (TPSA) is 50.3 Å². The predicted octanol–water partition coefficient (Wildman–Crippen LogP) is 4.15. The van der Waals surface area contributed by atoms with Gasteiger partial charge < -0.3 is 4.90 Å². The van der Waals surface area contributed by atoms with Crippen molar-refractivity contribution in [3.05, 3.63) is 51.2 Å². The molecule has 3 heterocycles. The van der Waals surface area contributed by atoms with E-state index in [1.165, 1.54) is 21.6 Å². The van der Waals surface area contributed by atoms with Crippen LogP contribution >= 0.6 is 22.7 Å². The van der Waals surface area contributed by atoms with Gasteiger partial charge in [-0.3, -0.25) is 0 Å². The number of hydrogen-bond donors (Lipinski definition) is 0. The maximum Gasteiger partial charge on any atom is 0.175 e. The third-order valence-corrected chi connectivity index (χ3v) is 7.53. The fourth-order valence-electron chi connectivity index (χ4n) is 3.06. The summed E-state index contributed by atoms with van der Waals surface area (Å²) in [6.07, 6.45) is 2.25. The molecule has 3 aromatic rings. The Morgan fingerprint density at radius 1 is 1.20 bits per heavy atom. The summed E-state index contributed by atoms with van der Waals surface area (Å²) >= 11 is 3.52. The molecule has 0 fully saturated rings. The highest BCUT2D eigenvalue weighted by atomic mass is 32.2. The molecule has 0 radical (unpaired) electrons. The lowest BCUT2D eigenvalue weighted by molar-refractivity contribution is 0.602. The lowest BCUT2D eigenvalue weighted by atomic mass is 10.1. The summed E-state index contributed by atoms with van der Waals surface area (Å²) < 4.78 is 23.2. The van der Waals surface area contributed by atoms with Gasteiger partial charge in [0.1, 0.15) is 0 Å². The van der Waals surface area contributed by atoms with E-state index in [0.29, 0.717) is 4.90 Å². The van der Waals surface area contributed by atoms with Crippen LogP contribution in [0.3, 0.4) is 0 Å². The van der Waals surface area contributed by atoms with E-state index >= 15 is 0 Å². The zero-order chi connectivity index (χ0) is 17.6. The number of fused-ring (bicyclic) bond motifs is 1. The number of aryl methyl sites for hydroxylation is 1. The van der Waals surface area contributed by atoms with E-state index in [0.717, 1.165) is 35.9 Å². The van der Waals surface area contributed by atoms with Gasteiger partial charge in [0.05, 0.1) is 20.5 Å². The van der Waals surface area contributed by atoms with Crippen molar-refractivity contribution < 1.29 is 8.42 Å². The average Bonchev–Trinajstić information content (AvgIpc) is 3.19. The molecule has 0 saturated heterocycles. The number of hydrogen-bond acceptors (Lipinski definition) is 6. The van der Waals surface area contributed by atoms with Crippen LogP contribution in [-0.2, 0) is 22.8 Å². The summed E-state index contributed by atoms with van der Waals surface area (Å²) in [6, 6.07) is 9.44. The standard InChI is InChI=1S/C18H18N2O2S3/c1-12-19-16(11-23-12)18-9-13-10-20(8-7-17(13)24-18)14-3-5-15(6-4-14)25(2,21)22/h3-6,9,11H,7-8,10H2,1-2H3. The van der Waals surface area contributed by atoms with Gasteiger partial charge in [0.2, 0.25) is 0 Å². The Morgan fingerprint density at radius 3 is 2.60 bits per heavy atom. The van der Waals surface area contributed by atoms with E-state index < -0.39 is 9.84 Å². The SMILES string of the molecule is Cc1nc(-c2cc3c(s2)CCN(c2ccc(S(C)(=O)=O)cc2)C3)cs1. The molecule has 0 bridgehead atoms. The Labute approximate surface area is 155 Å². The number of thiazole rings is 1. The Morgan fingerprint density at radius 2 is 1.96 bits per heavy atom. The molecule has 0 saturated carbocycles. The van der Waals surface area contributed by atoms with Crippen LogP contribution in [0.1, 0.15) is 15.4 Å². The molecule has 1 aromatic carbocycles. The summed E-state index contributed by atoms with van der Waals surface area (Å²) in [5, 5.41) is 3.21. The molecule has 1 aliphatic heterocycles. The van der Waals surface area contributed by atoms with E-state index in [1.807, 2.05) is 30.4 Å². The van der Waals surface area contributed by atoms with Gasteiger partial charge in [-0.05, 0) is 49.2 Å². The average molecular weight is 391 g/mol. The summed E-state index contributed by atoms with van der Waals surface area (Å²) in [4.78, 5) is 9.94. The molecule has 0 spiro atoms. The molecule has 0 amide bonds. The fourth-order valence-corrected chi connectivity index (χ4v) is 5.50. The predicted molar refractivity (Wildman–Crippen MR) is 104 cm³/mol. The van der Waals surface area contributed by atoms with Crippen molar-refractivity contribution in [2.75, 3.05) is 17.7 Å². The molecular formula is C18H18N2O2S3. The van der Waals surface area contributed by atoms with E-state index in [9.17, 15) is 8.42 Å². The molecule has 7 heteroatoms. The first-order valence-corrected chi connectivity index (χ1v) is 11.6. The molecule has 0 atom stereocenters. The molecule has 25 heavy (non-hydrogen) atoms. The Hall–Kier alpha value is -1.70. The Bertz CT molecular complexity index is 1020. The number of thiophene rings is 1. The number of sulfone groups is 1. The summed E-state index contributed by atoms with van der Waals surface area (Å²) in [6.45, 7) is 3.83. The van der Waals surface area contributed by atoms with Crippen molar-refractivity contribution in [3.8, 4) is 10.6 Å². The Balaban J connectivity index is 1.57. The molecule has 1 aliphatic rings. The van der Waals surface area contributed by atoms with Crippen molar-refractivity contribution in [2.45, 2.75) is 24.8 Å². The second-order valence-electron chi connectivity index (χ2n) is 6.25. The van der Waals surface area contributed by atoms with Crippen LogP contribution in [0.4, 0.5) is 5.69 Å². The number of anilines is 1. The minimum atomic E-state index is -3.15. The molecule has 0 N–H and O–H groups in total. The zero-order valence-corrected chi connectivity index (χ0v) is 16.5. The molecule has 2 aromatic heterocycles. The third-order valence-electron chi connectivity index (χ3n) is 4.37. The highest BCUT2D eigenvalue weighted by Crippen LogP contribution is 2.36. The number of nitrogens with zero attached hydrogens (tertiary/aromatic N) is 2. The quantitative estimate of drug-likeness (QED) is 0.674. The van der Waals surface area contributed by atoms with Gasteiger partial charge in [-0.1, -0.05) is 0 Å². The van der Waals surface area contributed by atoms with Crippen LogP contribution in [0.2, 0.25) is 0 Å². The van der Waals surface area contributed by atoms with Gasteiger partial charge in [0.15, 0.2) is 9.84 Å². The van der Waals surface area contributed by atoms with Crippen molar-refractivity contribution >= 4 is 38.2 Å². The Kier molecular flexibility index (Phi) is 4.17. The van der Waals surface area contributed by atoms with E-state index in [4.69, 9.17) is 0 Å². The minimum Gasteiger partial charge on any atom is -0.367 e. The van der Waals surface area contributed by atoms with Crippen molar-refractivity contribution in [2.24, 2.45) is 0 Å². The van der Waals surface area contributed by atoms with Crippen molar-refractivity contribution in [3.63, 3.8) is 0 Å². The van der Waals surface area contributed by atoms with Crippen LogP contribution in [0.5, 0.6) is 0 Å². The van der Waals surface area contributed by atoms with E-state index in [2.05, 4.69) is 21.3 Å². The normalized spacial score (nSPS) is 14.6. The van der Waals surface area contributed by atoms with Gasteiger partial charge >= 0.3 is 0 Å². The largest absolute Gasteiger partial charge is 0.367 e. The number of benzene rings is 1. The maximum atomic E-state index is 11.6. The third kappa shape index (κ3) is 3.36. The smallest absolute Gasteiger partial charge is 0.175 e. The monoisotopic (exact) mass is 390 g/mol. The number of aromatic nitrogens is 1. The van der Waals surface area contributed by atoms with Gasteiger partial charge in [0.25, 0.3) is 0 Å². The van der Waals surface area contributed by atoms with Gasteiger partial charge in [0, 0.05) is 35.3 Å². The maximum absolute atomic E-state index is 11.6. The summed E-state index contributed by atoms with van der Waals surface area (Å²) in [5.41, 5.74) is 3.49. The molecular weight excluding hydrogens is 372 g/mol. The zero-order valence-electron chi connectivity index (χ0n) is 14.0. The fraction of sp³-hybridized carbons (Fsp3) is 0.278. The molecule has 4 nitrogen and oxygen atoms in total. The number of rotatable bonds is 3. The first kappa shape index (κ1) is 16.8. The minimum absolute atomic E-state index is 0.366. The molecule has 4 rings (SSSR count).